The molecule has 74 valence electrons. The molecular weight excluding hydrogens is 180 g/mol. The van der Waals surface area contributed by atoms with E-state index in [9.17, 15) is 0 Å². The Kier molecular flexibility index (Phi) is 4.61. The summed E-state index contributed by atoms with van der Waals surface area (Å²) in [5, 5.41) is 9.73. The van der Waals surface area contributed by atoms with Crippen LogP contribution in [-0.2, 0) is 0 Å². The smallest absolute Gasteiger partial charge is 0.0975 e. The molecule has 2 nitrogen and oxygen atoms in total. The number of hydrogen-bond donors (Lipinski definition) is 0. The predicted octanol–water partition coefficient (Wildman–Crippen LogP) is 2.12. The van der Waals surface area contributed by atoms with Crippen LogP contribution in [0.15, 0.2) is 0 Å². The van der Waals surface area contributed by atoms with E-state index in [0.29, 0.717) is 0 Å². The number of piperidine rings is 1. The lowest BCUT2D eigenvalue weighted by Gasteiger charge is -2.33. The van der Waals surface area contributed by atoms with Crippen molar-refractivity contribution in [3.63, 3.8) is 0 Å². The largest absolute Gasteiger partial charge is 0.288 e. The van der Waals surface area contributed by atoms with Gasteiger partial charge in [-0.3, -0.25) is 4.90 Å². The van der Waals surface area contributed by atoms with Crippen LogP contribution in [0.2, 0.25) is 0 Å². The van der Waals surface area contributed by atoms with Gasteiger partial charge >= 0.3 is 0 Å². The first kappa shape index (κ1) is 10.9. The van der Waals surface area contributed by atoms with Crippen LogP contribution in [0.25, 0.3) is 0 Å². The van der Waals surface area contributed by atoms with E-state index in [-0.39, 0.29) is 6.04 Å². The van der Waals surface area contributed by atoms with Crippen molar-refractivity contribution in [3.8, 4) is 6.07 Å². The second-order valence-electron chi connectivity index (χ2n) is 3.52. The predicted molar refractivity (Wildman–Crippen MR) is 57.8 cm³/mol. The van der Waals surface area contributed by atoms with Gasteiger partial charge in [0.05, 0.1) is 12.1 Å². The van der Waals surface area contributed by atoms with E-state index in [4.69, 9.17) is 5.26 Å². The monoisotopic (exact) mass is 198 g/mol. The molecule has 1 saturated heterocycles. The maximum absolute atomic E-state index is 8.90. The van der Waals surface area contributed by atoms with E-state index < -0.39 is 0 Å². The molecule has 1 aliphatic rings. The third-order valence-corrected chi connectivity index (χ3v) is 3.92. The highest BCUT2D eigenvalue weighted by molar-refractivity contribution is 7.99. The quantitative estimate of drug-likeness (QED) is 0.695. The van der Waals surface area contributed by atoms with Crippen LogP contribution in [0.5, 0.6) is 0 Å². The SMILES string of the molecule is CCC(C#N)N1CCC(SC)CC1. The average Bonchev–Trinajstić information content (AvgIpc) is 2.21. The van der Waals surface area contributed by atoms with Gasteiger partial charge in [-0.25, -0.2) is 0 Å². The van der Waals surface area contributed by atoms with E-state index in [0.717, 1.165) is 24.8 Å². The Labute approximate surface area is 85.3 Å². The van der Waals surface area contributed by atoms with Gasteiger partial charge in [0.1, 0.15) is 0 Å². The molecule has 0 N–H and O–H groups in total. The standard InChI is InChI=1S/C10H18N2S/c1-3-9(8-11)12-6-4-10(13-2)5-7-12/h9-10H,3-7H2,1-2H3. The second kappa shape index (κ2) is 5.51. The van der Waals surface area contributed by atoms with Gasteiger partial charge in [0, 0.05) is 18.3 Å². The molecule has 0 aliphatic carbocycles. The number of likely N-dealkylation sites (tertiary alicyclic amines) is 1. The van der Waals surface area contributed by atoms with Crippen LogP contribution in [0.1, 0.15) is 26.2 Å². The third kappa shape index (κ3) is 2.89. The fourth-order valence-corrected chi connectivity index (χ4v) is 2.54. The number of hydrogen-bond acceptors (Lipinski definition) is 3. The van der Waals surface area contributed by atoms with Crippen molar-refractivity contribution >= 4 is 11.8 Å². The molecule has 1 fully saturated rings. The van der Waals surface area contributed by atoms with Gasteiger partial charge in [-0.15, -0.1) is 0 Å². The molecular formula is C10H18N2S. The number of nitriles is 1. The van der Waals surface area contributed by atoms with Crippen LogP contribution in [-0.4, -0.2) is 35.5 Å². The molecule has 1 atom stereocenters. The molecule has 0 aromatic rings. The van der Waals surface area contributed by atoms with Crippen molar-refractivity contribution in [1.82, 2.24) is 4.90 Å². The maximum Gasteiger partial charge on any atom is 0.0975 e. The molecule has 0 spiro atoms. The summed E-state index contributed by atoms with van der Waals surface area (Å²) < 4.78 is 0. The zero-order chi connectivity index (χ0) is 9.68. The Balaban J connectivity index is 2.36. The molecule has 1 unspecified atom stereocenters. The van der Waals surface area contributed by atoms with Gasteiger partial charge in [0.15, 0.2) is 0 Å². The van der Waals surface area contributed by atoms with E-state index in [2.05, 4.69) is 24.1 Å². The second-order valence-corrected chi connectivity index (χ2v) is 4.66. The molecule has 1 rings (SSSR count). The van der Waals surface area contributed by atoms with E-state index in [1.54, 1.807) is 0 Å². The Morgan fingerprint density at radius 1 is 1.54 bits per heavy atom. The van der Waals surface area contributed by atoms with E-state index in [1.165, 1.54) is 12.8 Å². The average molecular weight is 198 g/mol. The molecule has 0 bridgehead atoms. The first-order valence-electron chi connectivity index (χ1n) is 4.98. The minimum absolute atomic E-state index is 0.155. The fourth-order valence-electron chi connectivity index (χ4n) is 1.85. The topological polar surface area (TPSA) is 27.0 Å². The summed E-state index contributed by atoms with van der Waals surface area (Å²) in [6.07, 6.45) is 5.64. The molecule has 3 heteroatoms. The molecule has 0 amide bonds. The van der Waals surface area contributed by atoms with E-state index in [1.807, 2.05) is 11.8 Å². The highest BCUT2D eigenvalue weighted by atomic mass is 32.2. The van der Waals surface area contributed by atoms with Crippen molar-refractivity contribution in [2.45, 2.75) is 37.5 Å². The van der Waals surface area contributed by atoms with Crippen LogP contribution >= 0.6 is 11.8 Å². The Morgan fingerprint density at radius 3 is 2.54 bits per heavy atom. The minimum atomic E-state index is 0.155. The van der Waals surface area contributed by atoms with Crippen LogP contribution in [0.4, 0.5) is 0 Å². The third-order valence-electron chi connectivity index (χ3n) is 2.79. The van der Waals surface area contributed by atoms with Crippen LogP contribution < -0.4 is 0 Å². The Hall–Kier alpha value is -0.200. The lowest BCUT2D eigenvalue weighted by atomic mass is 10.1. The molecule has 0 saturated carbocycles. The highest BCUT2D eigenvalue weighted by Crippen LogP contribution is 2.22. The molecule has 1 aliphatic heterocycles. The zero-order valence-corrected chi connectivity index (χ0v) is 9.31. The Morgan fingerprint density at radius 2 is 2.15 bits per heavy atom. The van der Waals surface area contributed by atoms with Gasteiger partial charge < -0.3 is 0 Å². The maximum atomic E-state index is 8.90. The van der Waals surface area contributed by atoms with Crippen molar-refractivity contribution in [3.05, 3.63) is 0 Å². The first-order valence-corrected chi connectivity index (χ1v) is 6.27. The summed E-state index contributed by atoms with van der Waals surface area (Å²) in [5.74, 6) is 0. The molecule has 0 aromatic heterocycles. The van der Waals surface area contributed by atoms with Gasteiger partial charge in [-0.05, 0) is 25.5 Å². The molecule has 1 heterocycles. The van der Waals surface area contributed by atoms with Crippen molar-refractivity contribution in [2.75, 3.05) is 19.3 Å². The van der Waals surface area contributed by atoms with Gasteiger partial charge in [0.25, 0.3) is 0 Å². The van der Waals surface area contributed by atoms with Gasteiger partial charge in [-0.2, -0.15) is 17.0 Å². The summed E-state index contributed by atoms with van der Waals surface area (Å²) >= 11 is 1.97. The Bertz CT molecular complexity index is 180. The van der Waals surface area contributed by atoms with Crippen LogP contribution in [0, 0.1) is 11.3 Å². The highest BCUT2D eigenvalue weighted by Gasteiger charge is 2.22. The normalized spacial score (nSPS) is 22.5. The molecule has 0 radical (unpaired) electrons. The zero-order valence-electron chi connectivity index (χ0n) is 8.49. The number of rotatable bonds is 3. The van der Waals surface area contributed by atoms with Crippen LogP contribution in [0.3, 0.4) is 0 Å². The van der Waals surface area contributed by atoms with Gasteiger partial charge in [-0.1, -0.05) is 6.92 Å². The van der Waals surface area contributed by atoms with Crippen molar-refractivity contribution < 1.29 is 0 Å². The number of nitrogens with zero attached hydrogens (tertiary/aromatic N) is 2. The lowest BCUT2D eigenvalue weighted by molar-refractivity contribution is 0.195. The lowest BCUT2D eigenvalue weighted by Crippen LogP contribution is -2.41. The minimum Gasteiger partial charge on any atom is -0.288 e. The van der Waals surface area contributed by atoms with Crippen molar-refractivity contribution in [1.29, 1.82) is 5.26 Å². The number of thioether (sulfide) groups is 1. The summed E-state index contributed by atoms with van der Waals surface area (Å²) in [5.41, 5.74) is 0. The van der Waals surface area contributed by atoms with Gasteiger partial charge in [0.2, 0.25) is 0 Å². The van der Waals surface area contributed by atoms with Crippen molar-refractivity contribution in [2.24, 2.45) is 0 Å². The summed E-state index contributed by atoms with van der Waals surface area (Å²) in [4.78, 5) is 2.33. The van der Waals surface area contributed by atoms with E-state index >= 15 is 0 Å². The fraction of sp³-hybridized carbons (Fsp3) is 0.900. The summed E-state index contributed by atoms with van der Waals surface area (Å²) in [6.45, 7) is 4.31. The summed E-state index contributed by atoms with van der Waals surface area (Å²) in [6, 6.07) is 2.53. The summed E-state index contributed by atoms with van der Waals surface area (Å²) in [7, 11) is 0. The molecule has 13 heavy (non-hydrogen) atoms. The molecule has 0 aromatic carbocycles. The first-order chi connectivity index (χ1) is 6.31.